The van der Waals surface area contributed by atoms with Gasteiger partial charge in [0.15, 0.2) is 6.29 Å². The molecule has 0 aromatic carbocycles. The maximum absolute atomic E-state index is 5.72. The third-order valence-corrected chi connectivity index (χ3v) is 2.98. The first-order chi connectivity index (χ1) is 6.35. The van der Waals surface area contributed by atoms with E-state index in [4.69, 9.17) is 9.47 Å². The van der Waals surface area contributed by atoms with Gasteiger partial charge in [-0.25, -0.2) is 0 Å². The molecule has 0 aromatic heterocycles. The Kier molecular flexibility index (Phi) is 2.67. The maximum Gasteiger partial charge on any atom is 0.170 e. The second-order valence-electron chi connectivity index (χ2n) is 3.71. The van der Waals surface area contributed by atoms with Gasteiger partial charge in [-0.2, -0.15) is 0 Å². The summed E-state index contributed by atoms with van der Waals surface area (Å²) < 4.78 is 10.9. The van der Waals surface area contributed by atoms with Gasteiger partial charge >= 0.3 is 0 Å². The minimum Gasteiger partial charge on any atom is -0.354 e. The molecule has 0 radical (unpaired) electrons. The summed E-state index contributed by atoms with van der Waals surface area (Å²) in [6, 6.07) is 0.545. The Hall–Kier alpha value is -0.380. The molecule has 0 bridgehead atoms. The van der Waals surface area contributed by atoms with Gasteiger partial charge in [0.2, 0.25) is 0 Å². The van der Waals surface area contributed by atoms with Gasteiger partial charge in [-0.05, 0) is 19.4 Å². The van der Waals surface area contributed by atoms with Crippen LogP contribution in [0.25, 0.3) is 0 Å². The molecule has 0 saturated carbocycles. The molecule has 0 aromatic rings. The predicted octanol–water partition coefficient (Wildman–Crippen LogP) is 1.01. The zero-order chi connectivity index (χ0) is 9.26. The summed E-state index contributed by atoms with van der Waals surface area (Å²) in [5.74, 6) is 0. The first-order valence-corrected chi connectivity index (χ1v) is 4.90. The van der Waals surface area contributed by atoms with Crippen LogP contribution in [0.1, 0.15) is 12.8 Å². The fourth-order valence-electron chi connectivity index (χ4n) is 2.29. The lowest BCUT2D eigenvalue weighted by molar-refractivity contribution is -0.197. The highest BCUT2D eigenvalue weighted by Crippen LogP contribution is 2.28. The number of ether oxygens (including phenoxy) is 2. The van der Waals surface area contributed by atoms with Crippen molar-refractivity contribution in [2.24, 2.45) is 0 Å². The van der Waals surface area contributed by atoms with Gasteiger partial charge < -0.3 is 9.47 Å². The monoisotopic (exact) mass is 183 g/mol. The lowest BCUT2D eigenvalue weighted by atomic mass is 10.1. The quantitative estimate of drug-likeness (QED) is 0.596. The summed E-state index contributed by atoms with van der Waals surface area (Å²) in [6.45, 7) is 5.89. The molecule has 2 rings (SSSR count). The summed E-state index contributed by atoms with van der Waals surface area (Å²) in [6.07, 6.45) is 4.48. The average molecular weight is 183 g/mol. The van der Waals surface area contributed by atoms with Crippen molar-refractivity contribution in [3.63, 3.8) is 0 Å². The van der Waals surface area contributed by atoms with Gasteiger partial charge in [0, 0.05) is 19.7 Å². The first kappa shape index (κ1) is 9.19. The van der Waals surface area contributed by atoms with E-state index in [1.54, 1.807) is 7.11 Å². The number of hydrogen-bond acceptors (Lipinski definition) is 3. The summed E-state index contributed by atoms with van der Waals surface area (Å²) in [5.41, 5.74) is 0. The third kappa shape index (κ3) is 1.64. The first-order valence-electron chi connectivity index (χ1n) is 4.90. The fourth-order valence-corrected chi connectivity index (χ4v) is 2.29. The molecule has 0 aliphatic carbocycles. The molecule has 2 aliphatic heterocycles. The average Bonchev–Trinajstić information content (AvgIpc) is 2.63. The van der Waals surface area contributed by atoms with Crippen LogP contribution in [0.5, 0.6) is 0 Å². The Balaban J connectivity index is 2.05. The van der Waals surface area contributed by atoms with Crippen LogP contribution in [0, 0.1) is 0 Å². The van der Waals surface area contributed by atoms with Crippen LogP contribution in [0.4, 0.5) is 0 Å². The predicted molar refractivity (Wildman–Crippen MR) is 50.5 cm³/mol. The third-order valence-electron chi connectivity index (χ3n) is 2.98. The summed E-state index contributed by atoms with van der Waals surface area (Å²) >= 11 is 0. The second kappa shape index (κ2) is 3.78. The van der Waals surface area contributed by atoms with Crippen LogP contribution in [0.15, 0.2) is 12.7 Å². The van der Waals surface area contributed by atoms with Crippen molar-refractivity contribution < 1.29 is 9.47 Å². The Bertz CT molecular complexity index is 195. The molecule has 0 amide bonds. The van der Waals surface area contributed by atoms with Crippen molar-refractivity contribution >= 4 is 0 Å². The molecule has 2 aliphatic rings. The zero-order valence-corrected chi connectivity index (χ0v) is 8.11. The van der Waals surface area contributed by atoms with Gasteiger partial charge in [-0.1, -0.05) is 6.08 Å². The molecule has 74 valence electrons. The van der Waals surface area contributed by atoms with Gasteiger partial charge in [0.05, 0.1) is 6.10 Å². The van der Waals surface area contributed by atoms with Crippen LogP contribution in [0.3, 0.4) is 0 Å². The van der Waals surface area contributed by atoms with E-state index in [1.807, 2.05) is 6.08 Å². The lowest BCUT2D eigenvalue weighted by Crippen LogP contribution is -2.51. The standard InChI is InChI=1S/C10H17NO2/c1-3-9-8-5-4-6-11(8)7-10(12-2)13-9/h3,8-10H,1,4-7H2,2H3/t8-,9?,10?/m0/s1. The highest BCUT2D eigenvalue weighted by atomic mass is 16.7. The molecule has 0 N–H and O–H groups in total. The Morgan fingerprint density at radius 1 is 1.62 bits per heavy atom. The molecule has 3 nitrogen and oxygen atoms in total. The minimum absolute atomic E-state index is 0.0719. The van der Waals surface area contributed by atoms with Crippen molar-refractivity contribution in [2.75, 3.05) is 20.2 Å². The van der Waals surface area contributed by atoms with Crippen LogP contribution in [-0.4, -0.2) is 43.5 Å². The van der Waals surface area contributed by atoms with E-state index in [9.17, 15) is 0 Å². The van der Waals surface area contributed by atoms with Crippen LogP contribution in [-0.2, 0) is 9.47 Å². The van der Waals surface area contributed by atoms with E-state index in [0.29, 0.717) is 6.04 Å². The van der Waals surface area contributed by atoms with Gasteiger partial charge in [0.1, 0.15) is 0 Å². The largest absolute Gasteiger partial charge is 0.354 e. The molecule has 2 fully saturated rings. The smallest absolute Gasteiger partial charge is 0.170 e. The van der Waals surface area contributed by atoms with Crippen LogP contribution < -0.4 is 0 Å². The second-order valence-corrected chi connectivity index (χ2v) is 3.71. The van der Waals surface area contributed by atoms with Crippen molar-refractivity contribution in [1.82, 2.24) is 4.90 Å². The van der Waals surface area contributed by atoms with E-state index in [2.05, 4.69) is 11.5 Å². The van der Waals surface area contributed by atoms with Crippen LogP contribution in [0.2, 0.25) is 0 Å². The molecular formula is C10H17NO2. The number of morpholine rings is 1. The lowest BCUT2D eigenvalue weighted by Gasteiger charge is -2.39. The minimum atomic E-state index is -0.0719. The van der Waals surface area contributed by atoms with Gasteiger partial charge in [-0.3, -0.25) is 4.90 Å². The highest BCUT2D eigenvalue weighted by Gasteiger charge is 2.37. The van der Waals surface area contributed by atoms with Crippen molar-refractivity contribution in [3.05, 3.63) is 12.7 Å². The van der Waals surface area contributed by atoms with E-state index in [-0.39, 0.29) is 12.4 Å². The number of fused-ring (bicyclic) bond motifs is 1. The molecule has 13 heavy (non-hydrogen) atoms. The molecule has 3 atom stereocenters. The van der Waals surface area contributed by atoms with Gasteiger partial charge in [0.25, 0.3) is 0 Å². The number of hydrogen-bond donors (Lipinski definition) is 0. The summed E-state index contributed by atoms with van der Waals surface area (Å²) in [4.78, 5) is 2.45. The van der Waals surface area contributed by atoms with E-state index < -0.39 is 0 Å². The Labute approximate surface area is 79.3 Å². The highest BCUT2D eigenvalue weighted by molar-refractivity contribution is 4.97. The zero-order valence-electron chi connectivity index (χ0n) is 8.11. The van der Waals surface area contributed by atoms with E-state index >= 15 is 0 Å². The van der Waals surface area contributed by atoms with Gasteiger partial charge in [-0.15, -0.1) is 6.58 Å². The summed E-state index contributed by atoms with van der Waals surface area (Å²) in [7, 11) is 1.70. The normalized spacial score (nSPS) is 40.2. The van der Waals surface area contributed by atoms with Crippen molar-refractivity contribution in [2.45, 2.75) is 31.3 Å². The molecule has 3 heteroatoms. The molecule has 2 heterocycles. The molecule has 2 saturated heterocycles. The number of methoxy groups -OCH3 is 1. The van der Waals surface area contributed by atoms with Crippen molar-refractivity contribution in [3.8, 4) is 0 Å². The van der Waals surface area contributed by atoms with Crippen molar-refractivity contribution in [1.29, 1.82) is 0 Å². The topological polar surface area (TPSA) is 21.7 Å². The number of rotatable bonds is 2. The Morgan fingerprint density at radius 2 is 2.46 bits per heavy atom. The maximum atomic E-state index is 5.72. The molecular weight excluding hydrogens is 166 g/mol. The van der Waals surface area contributed by atoms with E-state index in [0.717, 1.165) is 6.54 Å². The summed E-state index contributed by atoms with van der Waals surface area (Å²) in [5, 5.41) is 0. The fraction of sp³-hybridized carbons (Fsp3) is 0.800. The van der Waals surface area contributed by atoms with E-state index in [1.165, 1.54) is 19.4 Å². The SMILES string of the molecule is C=CC1OC(OC)CN2CCC[C@@H]12. The number of nitrogens with zero attached hydrogens (tertiary/aromatic N) is 1. The molecule has 2 unspecified atom stereocenters. The van der Waals surface area contributed by atoms with Crippen LogP contribution >= 0.6 is 0 Å². The molecule has 0 spiro atoms. The Morgan fingerprint density at radius 3 is 3.15 bits per heavy atom.